The number of nitrogens with zero attached hydrogens (tertiary/aromatic N) is 1. The molecule has 3 aromatic carbocycles. The van der Waals surface area contributed by atoms with Crippen molar-refractivity contribution in [2.45, 2.75) is 12.1 Å². The van der Waals surface area contributed by atoms with E-state index in [0.29, 0.717) is 22.9 Å². The van der Waals surface area contributed by atoms with Gasteiger partial charge < -0.3 is 20.1 Å². The van der Waals surface area contributed by atoms with E-state index in [1.165, 1.54) is 0 Å². The van der Waals surface area contributed by atoms with E-state index in [2.05, 4.69) is 10.6 Å². The second-order valence-corrected chi connectivity index (χ2v) is 7.84. The lowest BCUT2D eigenvalue weighted by atomic mass is 9.93. The summed E-state index contributed by atoms with van der Waals surface area (Å²) in [5, 5.41) is 6.28. The minimum Gasteiger partial charge on any atom is -0.497 e. The van der Waals surface area contributed by atoms with Gasteiger partial charge >= 0.3 is 0 Å². The lowest BCUT2D eigenvalue weighted by Crippen LogP contribution is -2.47. The standard InChI is InChI=1S/C26H23N3O4/c1-32-18-11-7-16(8-12-18)27-25(30)21-15-23-24(20-5-3-4-6-22(20)28-23)29(26(21)31)17-9-13-19(33-2)14-10-17/h3-15,23-24,28H,1-2H3,(H,27,30). The Hall–Kier alpha value is -4.26. The molecule has 2 amide bonds. The van der Waals surface area contributed by atoms with Crippen LogP contribution in [0.4, 0.5) is 17.1 Å². The number of carbonyl (C=O) groups is 2. The van der Waals surface area contributed by atoms with E-state index in [1.807, 2.05) is 36.4 Å². The summed E-state index contributed by atoms with van der Waals surface area (Å²) in [7, 11) is 3.18. The Morgan fingerprint density at radius 2 is 1.55 bits per heavy atom. The van der Waals surface area contributed by atoms with Crippen molar-refractivity contribution in [3.63, 3.8) is 0 Å². The molecular formula is C26H23N3O4. The molecule has 2 atom stereocenters. The first-order valence-corrected chi connectivity index (χ1v) is 10.6. The minimum absolute atomic E-state index is 0.0863. The molecule has 0 saturated carbocycles. The van der Waals surface area contributed by atoms with Gasteiger partial charge in [0, 0.05) is 22.6 Å². The number of methoxy groups -OCH3 is 2. The third-order valence-electron chi connectivity index (χ3n) is 5.96. The maximum Gasteiger partial charge on any atom is 0.264 e. The predicted molar refractivity (Wildman–Crippen MR) is 127 cm³/mol. The summed E-state index contributed by atoms with van der Waals surface area (Å²) in [6, 6.07) is 21.6. The molecule has 0 saturated heterocycles. The lowest BCUT2D eigenvalue weighted by Gasteiger charge is -2.36. The monoisotopic (exact) mass is 441 g/mol. The minimum atomic E-state index is -0.458. The Morgan fingerprint density at radius 1 is 0.909 bits per heavy atom. The molecule has 2 heterocycles. The summed E-state index contributed by atoms with van der Waals surface area (Å²) in [4.78, 5) is 28.5. The van der Waals surface area contributed by atoms with Crippen molar-refractivity contribution in [3.05, 3.63) is 90.0 Å². The van der Waals surface area contributed by atoms with Crippen LogP contribution in [0.15, 0.2) is 84.4 Å². The number of rotatable bonds is 5. The van der Waals surface area contributed by atoms with E-state index in [4.69, 9.17) is 9.47 Å². The van der Waals surface area contributed by atoms with Crippen LogP contribution >= 0.6 is 0 Å². The number of hydrogen-bond acceptors (Lipinski definition) is 5. The van der Waals surface area contributed by atoms with Crippen molar-refractivity contribution in [2.75, 3.05) is 29.8 Å². The Morgan fingerprint density at radius 3 is 2.21 bits per heavy atom. The van der Waals surface area contributed by atoms with Gasteiger partial charge in [-0.3, -0.25) is 14.5 Å². The lowest BCUT2D eigenvalue weighted by molar-refractivity contribution is -0.120. The quantitative estimate of drug-likeness (QED) is 0.582. The van der Waals surface area contributed by atoms with Crippen LogP contribution in [0.3, 0.4) is 0 Å². The summed E-state index contributed by atoms with van der Waals surface area (Å²) in [6.07, 6.45) is 1.73. The van der Waals surface area contributed by atoms with Gasteiger partial charge in [-0.2, -0.15) is 0 Å². The number of amides is 2. The highest BCUT2D eigenvalue weighted by molar-refractivity contribution is 6.28. The van der Waals surface area contributed by atoms with Crippen LogP contribution in [0, 0.1) is 0 Å². The summed E-state index contributed by atoms with van der Waals surface area (Å²) < 4.78 is 10.4. The molecule has 0 aliphatic carbocycles. The summed E-state index contributed by atoms with van der Waals surface area (Å²) >= 11 is 0. The van der Waals surface area contributed by atoms with Crippen molar-refractivity contribution in [3.8, 4) is 11.5 Å². The molecule has 7 nitrogen and oxygen atoms in total. The molecule has 2 N–H and O–H groups in total. The third kappa shape index (κ3) is 3.67. The van der Waals surface area contributed by atoms with Gasteiger partial charge in [0.05, 0.1) is 26.3 Å². The number of ether oxygens (including phenoxy) is 2. The first kappa shape index (κ1) is 20.6. The molecule has 166 valence electrons. The molecule has 3 aromatic rings. The number of para-hydroxylation sites is 1. The second-order valence-electron chi connectivity index (χ2n) is 7.84. The molecule has 0 fully saturated rings. The fourth-order valence-corrected chi connectivity index (χ4v) is 4.34. The molecule has 2 aliphatic heterocycles. The summed E-state index contributed by atoms with van der Waals surface area (Å²) in [5.74, 6) is 0.561. The van der Waals surface area contributed by atoms with Crippen molar-refractivity contribution in [1.29, 1.82) is 0 Å². The summed E-state index contributed by atoms with van der Waals surface area (Å²) in [5.41, 5.74) is 3.32. The van der Waals surface area contributed by atoms with Crippen molar-refractivity contribution >= 4 is 28.9 Å². The average molecular weight is 441 g/mol. The highest BCUT2D eigenvalue weighted by Gasteiger charge is 2.44. The van der Waals surface area contributed by atoms with E-state index in [1.54, 1.807) is 61.6 Å². The third-order valence-corrected chi connectivity index (χ3v) is 5.96. The van der Waals surface area contributed by atoms with E-state index in [0.717, 1.165) is 11.3 Å². The van der Waals surface area contributed by atoms with Crippen molar-refractivity contribution < 1.29 is 19.1 Å². The highest BCUT2D eigenvalue weighted by Crippen LogP contribution is 2.44. The molecule has 2 unspecified atom stereocenters. The number of nitrogens with one attached hydrogen (secondary N) is 2. The zero-order valence-electron chi connectivity index (χ0n) is 18.2. The smallest absolute Gasteiger partial charge is 0.264 e. The fraction of sp³-hybridized carbons (Fsp3) is 0.154. The molecule has 5 rings (SSSR count). The first-order chi connectivity index (χ1) is 16.1. The van der Waals surface area contributed by atoms with Crippen LogP contribution in [0.2, 0.25) is 0 Å². The number of hydrogen-bond donors (Lipinski definition) is 2. The van der Waals surface area contributed by atoms with E-state index >= 15 is 0 Å². The predicted octanol–water partition coefficient (Wildman–Crippen LogP) is 4.15. The van der Waals surface area contributed by atoms with Crippen LogP contribution in [-0.2, 0) is 9.59 Å². The number of carbonyl (C=O) groups excluding carboxylic acids is 2. The fourth-order valence-electron chi connectivity index (χ4n) is 4.34. The van der Waals surface area contributed by atoms with Crippen LogP contribution in [0.1, 0.15) is 11.6 Å². The highest BCUT2D eigenvalue weighted by atomic mass is 16.5. The Bertz CT molecular complexity index is 1240. The number of anilines is 3. The van der Waals surface area contributed by atoms with Crippen LogP contribution < -0.4 is 25.0 Å². The topological polar surface area (TPSA) is 79.9 Å². The maximum atomic E-state index is 13.7. The number of fused-ring (bicyclic) bond motifs is 3. The van der Waals surface area contributed by atoms with Crippen LogP contribution in [-0.4, -0.2) is 32.1 Å². The largest absolute Gasteiger partial charge is 0.497 e. The summed E-state index contributed by atoms with van der Waals surface area (Å²) in [6.45, 7) is 0. The molecular weight excluding hydrogens is 418 g/mol. The van der Waals surface area contributed by atoms with Crippen LogP contribution in [0.5, 0.6) is 11.5 Å². The zero-order chi connectivity index (χ0) is 22.9. The second kappa shape index (κ2) is 8.35. The van der Waals surface area contributed by atoms with E-state index in [-0.39, 0.29) is 23.6 Å². The normalized spacial score (nSPS) is 18.5. The van der Waals surface area contributed by atoms with Gasteiger partial charge in [0.1, 0.15) is 17.1 Å². The average Bonchev–Trinajstić information content (AvgIpc) is 3.22. The van der Waals surface area contributed by atoms with E-state index < -0.39 is 5.91 Å². The molecule has 33 heavy (non-hydrogen) atoms. The SMILES string of the molecule is COc1ccc(NC(=O)C2=CC3Nc4ccccc4C3N(c3ccc(OC)cc3)C2=O)cc1. The maximum absolute atomic E-state index is 13.7. The van der Waals surface area contributed by atoms with Crippen LogP contribution in [0.25, 0.3) is 0 Å². The first-order valence-electron chi connectivity index (χ1n) is 10.6. The molecule has 0 spiro atoms. The molecule has 0 aromatic heterocycles. The Balaban J connectivity index is 1.51. The van der Waals surface area contributed by atoms with Gasteiger partial charge in [-0.1, -0.05) is 18.2 Å². The zero-order valence-corrected chi connectivity index (χ0v) is 18.2. The van der Waals surface area contributed by atoms with Gasteiger partial charge in [-0.25, -0.2) is 0 Å². The molecule has 0 bridgehead atoms. The van der Waals surface area contributed by atoms with Gasteiger partial charge in [-0.15, -0.1) is 0 Å². The number of benzene rings is 3. The molecule has 2 aliphatic rings. The van der Waals surface area contributed by atoms with Gasteiger partial charge in [0.2, 0.25) is 0 Å². The Kier molecular flexibility index (Phi) is 5.22. The van der Waals surface area contributed by atoms with E-state index in [9.17, 15) is 9.59 Å². The van der Waals surface area contributed by atoms with Gasteiger partial charge in [0.25, 0.3) is 11.8 Å². The Labute approximate surface area is 191 Å². The van der Waals surface area contributed by atoms with Crippen molar-refractivity contribution in [1.82, 2.24) is 0 Å². The van der Waals surface area contributed by atoms with Gasteiger partial charge in [0.15, 0.2) is 0 Å². The molecule has 0 radical (unpaired) electrons. The van der Waals surface area contributed by atoms with Gasteiger partial charge in [-0.05, 0) is 60.7 Å². The van der Waals surface area contributed by atoms with Crippen molar-refractivity contribution in [2.24, 2.45) is 0 Å². The molecule has 7 heteroatoms.